The molecule has 1 aromatic heterocycles. The van der Waals surface area contributed by atoms with Crippen LogP contribution >= 0.6 is 0 Å². The second-order valence-electron chi connectivity index (χ2n) is 5.98. The Balaban J connectivity index is 1.71. The molecule has 144 valence electrons. The molecule has 0 aliphatic rings. The number of carbonyl (C=O) groups is 1. The molecule has 8 heteroatoms. The van der Waals surface area contributed by atoms with E-state index in [1.54, 1.807) is 42.5 Å². The van der Waals surface area contributed by atoms with Crippen molar-refractivity contribution >= 4 is 33.0 Å². The summed E-state index contributed by atoms with van der Waals surface area (Å²) in [7, 11) is -2.22. The molecule has 0 aliphatic heterocycles. The maximum atomic E-state index is 12.5. The molecule has 0 saturated carbocycles. The average molecular weight is 397 g/mol. The highest BCUT2D eigenvalue weighted by molar-refractivity contribution is 7.92. The Morgan fingerprint density at radius 1 is 1.00 bits per heavy atom. The Morgan fingerprint density at radius 3 is 2.36 bits per heavy atom. The van der Waals surface area contributed by atoms with Crippen LogP contribution in [0.1, 0.15) is 17.3 Å². The highest BCUT2D eigenvalue weighted by Crippen LogP contribution is 2.21. The number of ketones is 1. The summed E-state index contributed by atoms with van der Waals surface area (Å²) in [4.78, 5) is 15.8. The number of methoxy groups -OCH3 is 1. The van der Waals surface area contributed by atoms with Crippen LogP contribution in [0.3, 0.4) is 0 Å². The smallest absolute Gasteiger partial charge is 0.261 e. The SMILES string of the molecule is COc1ccc(S(=O)(=O)Nc2ccc(Nc3cccc(C(C)=O)c3)nc2)cc1. The Labute approximate surface area is 163 Å². The van der Waals surface area contributed by atoms with E-state index in [2.05, 4.69) is 15.0 Å². The van der Waals surface area contributed by atoms with Crippen molar-refractivity contribution in [2.45, 2.75) is 11.8 Å². The van der Waals surface area contributed by atoms with Gasteiger partial charge in [-0.2, -0.15) is 0 Å². The summed E-state index contributed by atoms with van der Waals surface area (Å²) in [5.41, 5.74) is 1.64. The molecule has 0 atom stereocenters. The molecular weight excluding hydrogens is 378 g/mol. The predicted molar refractivity (Wildman–Crippen MR) is 108 cm³/mol. The lowest BCUT2D eigenvalue weighted by Gasteiger charge is -2.10. The number of carbonyl (C=O) groups excluding carboxylic acids is 1. The number of nitrogens with one attached hydrogen (secondary N) is 2. The molecule has 0 amide bonds. The number of hydrogen-bond donors (Lipinski definition) is 2. The number of Topliss-reactive ketones (excluding diaryl/α,β-unsaturated/α-hetero) is 1. The molecule has 0 bridgehead atoms. The molecule has 28 heavy (non-hydrogen) atoms. The van der Waals surface area contributed by atoms with Gasteiger partial charge >= 0.3 is 0 Å². The summed E-state index contributed by atoms with van der Waals surface area (Å²) in [5.74, 6) is 1.07. The van der Waals surface area contributed by atoms with E-state index < -0.39 is 10.0 Å². The minimum absolute atomic E-state index is 0.0279. The summed E-state index contributed by atoms with van der Waals surface area (Å²) in [6.07, 6.45) is 1.41. The lowest BCUT2D eigenvalue weighted by atomic mass is 10.1. The summed E-state index contributed by atoms with van der Waals surface area (Å²) in [6, 6.07) is 16.4. The summed E-state index contributed by atoms with van der Waals surface area (Å²) >= 11 is 0. The minimum Gasteiger partial charge on any atom is -0.497 e. The second-order valence-corrected chi connectivity index (χ2v) is 7.66. The number of ether oxygens (including phenoxy) is 1. The number of pyridine rings is 1. The number of aromatic nitrogens is 1. The fourth-order valence-corrected chi connectivity index (χ4v) is 3.50. The van der Waals surface area contributed by atoms with E-state index in [4.69, 9.17) is 4.74 Å². The molecule has 3 rings (SSSR count). The topological polar surface area (TPSA) is 97.4 Å². The van der Waals surface area contributed by atoms with E-state index in [1.165, 1.54) is 32.4 Å². The zero-order chi connectivity index (χ0) is 20.1. The Morgan fingerprint density at radius 2 is 1.75 bits per heavy atom. The number of rotatable bonds is 7. The van der Waals surface area contributed by atoms with Crippen molar-refractivity contribution < 1.29 is 17.9 Å². The van der Waals surface area contributed by atoms with Crippen molar-refractivity contribution in [1.29, 1.82) is 0 Å². The average Bonchev–Trinajstić information content (AvgIpc) is 2.69. The van der Waals surface area contributed by atoms with Gasteiger partial charge in [-0.15, -0.1) is 0 Å². The van der Waals surface area contributed by atoms with Crippen LogP contribution in [-0.2, 0) is 10.0 Å². The van der Waals surface area contributed by atoms with E-state index in [-0.39, 0.29) is 10.7 Å². The Bertz CT molecular complexity index is 1080. The predicted octanol–water partition coefficient (Wildman–Crippen LogP) is 3.84. The summed E-state index contributed by atoms with van der Waals surface area (Å²) < 4.78 is 32.4. The molecule has 0 unspecified atom stereocenters. The van der Waals surface area contributed by atoms with Gasteiger partial charge < -0.3 is 10.1 Å². The zero-order valence-corrected chi connectivity index (χ0v) is 16.2. The summed E-state index contributed by atoms with van der Waals surface area (Å²) in [5, 5.41) is 3.08. The van der Waals surface area contributed by atoms with Crippen LogP contribution in [0.5, 0.6) is 5.75 Å². The number of nitrogens with zero attached hydrogens (tertiary/aromatic N) is 1. The van der Waals surface area contributed by atoms with E-state index in [1.807, 2.05) is 6.07 Å². The van der Waals surface area contributed by atoms with Gasteiger partial charge in [0.05, 0.1) is 23.9 Å². The third-order valence-corrected chi connectivity index (χ3v) is 5.32. The van der Waals surface area contributed by atoms with Crippen molar-refractivity contribution in [3.63, 3.8) is 0 Å². The molecule has 0 radical (unpaired) electrons. The van der Waals surface area contributed by atoms with E-state index in [0.717, 1.165) is 0 Å². The molecule has 0 spiro atoms. The van der Waals surface area contributed by atoms with Crippen LogP contribution in [0.15, 0.2) is 71.8 Å². The lowest BCUT2D eigenvalue weighted by molar-refractivity contribution is 0.101. The minimum atomic E-state index is -3.73. The first kappa shape index (κ1) is 19.4. The molecule has 7 nitrogen and oxygen atoms in total. The lowest BCUT2D eigenvalue weighted by Crippen LogP contribution is -2.13. The largest absolute Gasteiger partial charge is 0.497 e. The third kappa shape index (κ3) is 4.66. The van der Waals surface area contributed by atoms with Gasteiger partial charge in [0.15, 0.2) is 5.78 Å². The highest BCUT2D eigenvalue weighted by Gasteiger charge is 2.14. The maximum Gasteiger partial charge on any atom is 0.261 e. The van der Waals surface area contributed by atoms with Crippen LogP contribution < -0.4 is 14.8 Å². The van der Waals surface area contributed by atoms with Crippen molar-refractivity contribution in [3.05, 3.63) is 72.4 Å². The van der Waals surface area contributed by atoms with Crippen molar-refractivity contribution in [3.8, 4) is 5.75 Å². The van der Waals surface area contributed by atoms with Crippen molar-refractivity contribution in [2.24, 2.45) is 0 Å². The van der Waals surface area contributed by atoms with Crippen LogP contribution in [0.4, 0.5) is 17.2 Å². The number of anilines is 3. The van der Waals surface area contributed by atoms with Gasteiger partial charge in [0.25, 0.3) is 10.0 Å². The highest BCUT2D eigenvalue weighted by atomic mass is 32.2. The molecule has 1 heterocycles. The molecule has 2 aromatic carbocycles. The molecule has 2 N–H and O–H groups in total. The quantitative estimate of drug-likeness (QED) is 0.588. The van der Waals surface area contributed by atoms with Gasteiger partial charge in [0.2, 0.25) is 0 Å². The first-order chi connectivity index (χ1) is 13.4. The van der Waals surface area contributed by atoms with E-state index in [9.17, 15) is 13.2 Å². The number of sulfonamides is 1. The zero-order valence-electron chi connectivity index (χ0n) is 15.3. The van der Waals surface area contributed by atoms with Gasteiger partial charge in [-0.05, 0) is 55.5 Å². The Kier molecular flexibility index (Phi) is 5.60. The van der Waals surface area contributed by atoms with Gasteiger partial charge in [-0.25, -0.2) is 13.4 Å². The van der Waals surface area contributed by atoms with Crippen molar-refractivity contribution in [1.82, 2.24) is 4.98 Å². The van der Waals surface area contributed by atoms with Crippen LogP contribution in [0, 0.1) is 0 Å². The number of benzene rings is 2. The van der Waals surface area contributed by atoms with Crippen LogP contribution in [0.2, 0.25) is 0 Å². The van der Waals surface area contributed by atoms with Crippen LogP contribution in [-0.4, -0.2) is 26.3 Å². The van der Waals surface area contributed by atoms with Gasteiger partial charge in [-0.1, -0.05) is 12.1 Å². The van der Waals surface area contributed by atoms with E-state index >= 15 is 0 Å². The fraction of sp³-hybridized carbons (Fsp3) is 0.100. The maximum absolute atomic E-state index is 12.5. The molecule has 0 aliphatic carbocycles. The fourth-order valence-electron chi connectivity index (χ4n) is 2.46. The first-order valence-corrected chi connectivity index (χ1v) is 9.87. The van der Waals surface area contributed by atoms with Crippen molar-refractivity contribution in [2.75, 3.05) is 17.1 Å². The molecule has 0 saturated heterocycles. The summed E-state index contributed by atoms with van der Waals surface area (Å²) in [6.45, 7) is 1.50. The van der Waals surface area contributed by atoms with Gasteiger partial charge in [0.1, 0.15) is 11.6 Å². The van der Waals surface area contributed by atoms with Crippen LogP contribution in [0.25, 0.3) is 0 Å². The van der Waals surface area contributed by atoms with E-state index in [0.29, 0.717) is 28.5 Å². The second kappa shape index (κ2) is 8.10. The van der Waals surface area contributed by atoms with Gasteiger partial charge in [0, 0.05) is 11.3 Å². The molecule has 0 fully saturated rings. The standard InChI is InChI=1S/C20H19N3O4S/c1-14(24)15-4-3-5-16(12-15)22-20-11-6-17(13-21-20)23-28(25,26)19-9-7-18(27-2)8-10-19/h3-13,23H,1-2H3,(H,21,22). The normalized spacial score (nSPS) is 10.9. The van der Waals surface area contributed by atoms with Gasteiger partial charge in [-0.3, -0.25) is 9.52 Å². The molecule has 3 aromatic rings. The third-order valence-electron chi connectivity index (χ3n) is 3.93. The first-order valence-electron chi connectivity index (χ1n) is 8.38. The number of hydrogen-bond acceptors (Lipinski definition) is 6. The monoisotopic (exact) mass is 397 g/mol. The molecular formula is C20H19N3O4S. The Hall–Kier alpha value is -3.39.